The van der Waals surface area contributed by atoms with Gasteiger partial charge in [-0.2, -0.15) is 0 Å². The lowest BCUT2D eigenvalue weighted by molar-refractivity contribution is 0.420. The maximum atomic E-state index is 13.5. The number of rotatable bonds is 5. The standard InChI is InChI=1S/C14H13ClF2N2O/c1-2-18-8-12-10(15)4-6-14(19-12)20-13-7-9(16)3-5-11(13)17/h3-7,18H,2,8H2,1H3. The molecule has 0 atom stereocenters. The van der Waals surface area contributed by atoms with Crippen LogP contribution in [0.25, 0.3) is 0 Å². The van der Waals surface area contributed by atoms with Crippen molar-refractivity contribution < 1.29 is 13.5 Å². The highest BCUT2D eigenvalue weighted by molar-refractivity contribution is 6.31. The van der Waals surface area contributed by atoms with Crippen LogP contribution in [-0.4, -0.2) is 11.5 Å². The van der Waals surface area contributed by atoms with Crippen LogP contribution in [0.4, 0.5) is 8.78 Å². The number of hydrogen-bond acceptors (Lipinski definition) is 3. The second-order valence-electron chi connectivity index (χ2n) is 4.04. The van der Waals surface area contributed by atoms with Crippen molar-refractivity contribution in [1.82, 2.24) is 10.3 Å². The predicted molar refractivity (Wildman–Crippen MR) is 73.1 cm³/mol. The summed E-state index contributed by atoms with van der Waals surface area (Å²) in [6.45, 7) is 3.19. The summed E-state index contributed by atoms with van der Waals surface area (Å²) in [4.78, 5) is 4.17. The minimum Gasteiger partial charge on any atom is -0.436 e. The number of nitrogens with one attached hydrogen (secondary N) is 1. The average molecular weight is 299 g/mol. The number of aromatic nitrogens is 1. The molecule has 2 rings (SSSR count). The van der Waals surface area contributed by atoms with Gasteiger partial charge in [-0.1, -0.05) is 18.5 Å². The molecule has 3 nitrogen and oxygen atoms in total. The summed E-state index contributed by atoms with van der Waals surface area (Å²) in [5.41, 5.74) is 0.586. The number of benzene rings is 1. The van der Waals surface area contributed by atoms with E-state index in [9.17, 15) is 8.78 Å². The zero-order chi connectivity index (χ0) is 14.5. The number of nitrogens with zero attached hydrogens (tertiary/aromatic N) is 1. The molecule has 0 radical (unpaired) electrons. The van der Waals surface area contributed by atoms with Crippen LogP contribution in [0.3, 0.4) is 0 Å². The number of halogens is 3. The van der Waals surface area contributed by atoms with E-state index in [0.29, 0.717) is 17.3 Å². The second-order valence-corrected chi connectivity index (χ2v) is 4.44. The molecule has 1 aromatic heterocycles. The molecule has 1 N–H and O–H groups in total. The van der Waals surface area contributed by atoms with Gasteiger partial charge in [0.1, 0.15) is 5.82 Å². The van der Waals surface area contributed by atoms with Gasteiger partial charge in [0.2, 0.25) is 5.88 Å². The van der Waals surface area contributed by atoms with Crippen LogP contribution in [0.5, 0.6) is 11.6 Å². The minimum absolute atomic E-state index is 0.159. The molecule has 106 valence electrons. The molecule has 0 spiro atoms. The van der Waals surface area contributed by atoms with Crippen molar-refractivity contribution in [2.45, 2.75) is 13.5 Å². The van der Waals surface area contributed by atoms with Crippen molar-refractivity contribution in [3.63, 3.8) is 0 Å². The minimum atomic E-state index is -0.656. The molecule has 0 amide bonds. The lowest BCUT2D eigenvalue weighted by atomic mass is 10.3. The summed E-state index contributed by atoms with van der Waals surface area (Å²) in [5.74, 6) is -1.29. The highest BCUT2D eigenvalue weighted by Crippen LogP contribution is 2.26. The quantitative estimate of drug-likeness (QED) is 0.908. The summed E-state index contributed by atoms with van der Waals surface area (Å²) < 4.78 is 31.8. The predicted octanol–water partition coefficient (Wildman–Crippen LogP) is 3.92. The smallest absolute Gasteiger partial charge is 0.219 e. The van der Waals surface area contributed by atoms with E-state index in [1.165, 1.54) is 6.07 Å². The van der Waals surface area contributed by atoms with Crippen LogP contribution in [-0.2, 0) is 6.54 Å². The first-order valence-electron chi connectivity index (χ1n) is 6.09. The lowest BCUT2D eigenvalue weighted by Crippen LogP contribution is -2.13. The Labute approximate surface area is 120 Å². The van der Waals surface area contributed by atoms with E-state index in [1.54, 1.807) is 6.07 Å². The fourth-order valence-electron chi connectivity index (χ4n) is 1.56. The van der Waals surface area contributed by atoms with Crippen LogP contribution in [0.15, 0.2) is 30.3 Å². The van der Waals surface area contributed by atoms with Crippen LogP contribution in [0.2, 0.25) is 5.02 Å². The van der Waals surface area contributed by atoms with E-state index in [-0.39, 0.29) is 11.6 Å². The number of ether oxygens (including phenoxy) is 1. The van der Waals surface area contributed by atoms with E-state index >= 15 is 0 Å². The highest BCUT2D eigenvalue weighted by atomic mass is 35.5. The fraction of sp³-hybridized carbons (Fsp3) is 0.214. The first-order valence-corrected chi connectivity index (χ1v) is 6.47. The molecule has 0 bridgehead atoms. The van der Waals surface area contributed by atoms with E-state index in [1.807, 2.05) is 6.92 Å². The Balaban J connectivity index is 2.22. The van der Waals surface area contributed by atoms with Crippen molar-refractivity contribution in [3.8, 4) is 11.6 Å². The lowest BCUT2D eigenvalue weighted by Gasteiger charge is -2.09. The van der Waals surface area contributed by atoms with Crippen LogP contribution in [0.1, 0.15) is 12.6 Å². The molecule has 0 fully saturated rings. The van der Waals surface area contributed by atoms with Crippen molar-refractivity contribution in [3.05, 3.63) is 52.7 Å². The summed E-state index contributed by atoms with van der Waals surface area (Å²) in [6, 6.07) is 6.10. The molecule has 0 aliphatic carbocycles. The second kappa shape index (κ2) is 6.63. The van der Waals surface area contributed by atoms with Gasteiger partial charge in [0.05, 0.1) is 10.7 Å². The summed E-state index contributed by atoms with van der Waals surface area (Å²) in [7, 11) is 0. The maximum absolute atomic E-state index is 13.5. The van der Waals surface area contributed by atoms with Gasteiger partial charge in [-0.3, -0.25) is 0 Å². The van der Waals surface area contributed by atoms with Gasteiger partial charge >= 0.3 is 0 Å². The van der Waals surface area contributed by atoms with Crippen LogP contribution in [0, 0.1) is 11.6 Å². The molecule has 0 saturated heterocycles. The zero-order valence-corrected chi connectivity index (χ0v) is 11.5. The van der Waals surface area contributed by atoms with E-state index in [2.05, 4.69) is 10.3 Å². The Morgan fingerprint density at radius 2 is 2.05 bits per heavy atom. The maximum Gasteiger partial charge on any atom is 0.219 e. The first kappa shape index (κ1) is 14.7. The van der Waals surface area contributed by atoms with Gasteiger partial charge < -0.3 is 10.1 Å². The Morgan fingerprint density at radius 1 is 1.25 bits per heavy atom. The molecule has 0 unspecified atom stereocenters. The Kier molecular flexibility index (Phi) is 4.87. The first-order chi connectivity index (χ1) is 9.60. The zero-order valence-electron chi connectivity index (χ0n) is 10.8. The van der Waals surface area contributed by atoms with Gasteiger partial charge in [-0.25, -0.2) is 13.8 Å². The van der Waals surface area contributed by atoms with Crippen molar-refractivity contribution in [1.29, 1.82) is 0 Å². The molecule has 0 saturated carbocycles. The largest absolute Gasteiger partial charge is 0.436 e. The molecule has 20 heavy (non-hydrogen) atoms. The molecule has 1 aromatic carbocycles. The van der Waals surface area contributed by atoms with Gasteiger partial charge in [-0.05, 0) is 24.7 Å². The van der Waals surface area contributed by atoms with Gasteiger partial charge in [-0.15, -0.1) is 0 Å². The average Bonchev–Trinajstić information content (AvgIpc) is 2.43. The van der Waals surface area contributed by atoms with Crippen molar-refractivity contribution in [2.24, 2.45) is 0 Å². The normalized spacial score (nSPS) is 10.6. The Morgan fingerprint density at radius 3 is 2.80 bits per heavy atom. The van der Waals surface area contributed by atoms with E-state index in [4.69, 9.17) is 16.3 Å². The third-order valence-electron chi connectivity index (χ3n) is 2.54. The van der Waals surface area contributed by atoms with Gasteiger partial charge in [0.15, 0.2) is 11.6 Å². The Bertz CT molecular complexity index is 608. The molecule has 6 heteroatoms. The molecule has 1 heterocycles. The molecule has 2 aromatic rings. The highest BCUT2D eigenvalue weighted by Gasteiger charge is 2.09. The third-order valence-corrected chi connectivity index (χ3v) is 2.89. The monoisotopic (exact) mass is 298 g/mol. The van der Waals surface area contributed by atoms with Crippen LogP contribution < -0.4 is 10.1 Å². The van der Waals surface area contributed by atoms with E-state index < -0.39 is 11.6 Å². The summed E-state index contributed by atoms with van der Waals surface area (Å²) in [5, 5.41) is 3.56. The number of hydrogen-bond donors (Lipinski definition) is 1. The molecule has 0 aliphatic rings. The third kappa shape index (κ3) is 3.65. The summed E-state index contributed by atoms with van der Waals surface area (Å²) in [6.07, 6.45) is 0. The topological polar surface area (TPSA) is 34.2 Å². The van der Waals surface area contributed by atoms with Gasteiger partial charge in [0.25, 0.3) is 0 Å². The van der Waals surface area contributed by atoms with Crippen molar-refractivity contribution in [2.75, 3.05) is 6.54 Å². The SMILES string of the molecule is CCNCc1nc(Oc2cc(F)ccc2F)ccc1Cl. The molecular weight excluding hydrogens is 286 g/mol. The summed E-state index contributed by atoms with van der Waals surface area (Å²) >= 11 is 6.00. The number of pyridine rings is 1. The van der Waals surface area contributed by atoms with Crippen molar-refractivity contribution >= 4 is 11.6 Å². The molecule has 0 aliphatic heterocycles. The van der Waals surface area contributed by atoms with E-state index in [0.717, 1.165) is 24.7 Å². The Hall–Kier alpha value is -1.72. The van der Waals surface area contributed by atoms with Crippen LogP contribution >= 0.6 is 11.6 Å². The fourth-order valence-corrected chi connectivity index (χ4v) is 1.73. The van der Waals surface area contributed by atoms with Gasteiger partial charge in [0, 0.05) is 18.7 Å². The molecular formula is C14H13ClF2N2O.